The van der Waals surface area contributed by atoms with Gasteiger partial charge in [-0.15, -0.1) is 11.8 Å². The first kappa shape index (κ1) is 14.1. The lowest BCUT2D eigenvalue weighted by atomic mass is 10.2. The van der Waals surface area contributed by atoms with Crippen molar-refractivity contribution in [1.82, 2.24) is 5.32 Å². The molecule has 1 nitrogen and oxygen atoms in total. The zero-order valence-electron chi connectivity index (χ0n) is 9.83. The summed E-state index contributed by atoms with van der Waals surface area (Å²) >= 11 is 1.73. The summed E-state index contributed by atoms with van der Waals surface area (Å²) in [6.07, 6.45) is 0. The van der Waals surface area contributed by atoms with E-state index in [1.54, 1.807) is 23.9 Å². The van der Waals surface area contributed by atoms with Gasteiger partial charge in [0.1, 0.15) is 0 Å². The lowest BCUT2D eigenvalue weighted by molar-refractivity contribution is -0.0328. The van der Waals surface area contributed by atoms with Crippen molar-refractivity contribution in [3.05, 3.63) is 29.8 Å². The highest BCUT2D eigenvalue weighted by Gasteiger charge is 2.29. The van der Waals surface area contributed by atoms with Crippen molar-refractivity contribution in [2.75, 3.05) is 12.3 Å². The van der Waals surface area contributed by atoms with Crippen LogP contribution < -0.4 is 5.32 Å². The summed E-state index contributed by atoms with van der Waals surface area (Å²) < 4.78 is 36.6. The lowest BCUT2D eigenvalue weighted by Gasteiger charge is -2.27. The molecule has 0 bridgehead atoms. The fourth-order valence-corrected chi connectivity index (χ4v) is 3.49. The highest BCUT2D eigenvalue weighted by atomic mass is 32.2. The topological polar surface area (TPSA) is 12.0 Å². The van der Waals surface area contributed by atoms with Gasteiger partial charge in [-0.05, 0) is 47.7 Å². The van der Waals surface area contributed by atoms with Gasteiger partial charge in [-0.1, -0.05) is 19.1 Å². The number of halogens is 3. The molecule has 1 aliphatic heterocycles. The lowest BCUT2D eigenvalue weighted by Crippen LogP contribution is -2.31. The number of rotatable bonds is 2. The van der Waals surface area contributed by atoms with Crippen LogP contribution in [0.2, 0.25) is 0 Å². The standard InChI is InChI=1S/C12H14F3NS2/c1-8-6-16-11(17-7-8)9-2-4-10(5-3-9)18-12(13,14)15/h2-5,8,11,16H,6-7H2,1H3. The first-order chi connectivity index (χ1) is 8.44. The SMILES string of the molecule is CC1CNC(c2ccc(SC(F)(F)F)cc2)SC1. The Bertz CT molecular complexity index is 383. The third kappa shape index (κ3) is 4.10. The van der Waals surface area contributed by atoms with E-state index >= 15 is 0 Å². The molecule has 0 amide bonds. The number of hydrogen-bond acceptors (Lipinski definition) is 3. The molecule has 100 valence electrons. The van der Waals surface area contributed by atoms with Crippen molar-refractivity contribution >= 4 is 23.5 Å². The fourth-order valence-electron chi connectivity index (χ4n) is 1.74. The van der Waals surface area contributed by atoms with Crippen LogP contribution in [0.1, 0.15) is 17.9 Å². The minimum Gasteiger partial charge on any atom is -0.301 e. The van der Waals surface area contributed by atoms with E-state index in [2.05, 4.69) is 12.2 Å². The van der Waals surface area contributed by atoms with Crippen LogP contribution in [0.25, 0.3) is 0 Å². The molecule has 1 aliphatic rings. The van der Waals surface area contributed by atoms with Crippen LogP contribution in [0.3, 0.4) is 0 Å². The summed E-state index contributed by atoms with van der Waals surface area (Å²) in [6, 6.07) is 6.62. The Hall–Kier alpha value is -0.330. The van der Waals surface area contributed by atoms with Gasteiger partial charge in [0.2, 0.25) is 0 Å². The van der Waals surface area contributed by atoms with Gasteiger partial charge >= 0.3 is 5.51 Å². The highest BCUT2D eigenvalue weighted by molar-refractivity contribution is 8.00. The van der Waals surface area contributed by atoms with E-state index in [0.717, 1.165) is 17.9 Å². The van der Waals surface area contributed by atoms with Crippen molar-refractivity contribution in [1.29, 1.82) is 0 Å². The maximum atomic E-state index is 12.2. The Balaban J connectivity index is 1.99. The van der Waals surface area contributed by atoms with E-state index in [-0.39, 0.29) is 22.0 Å². The Kier molecular flexibility index (Phi) is 4.50. The van der Waals surface area contributed by atoms with Crippen molar-refractivity contribution in [2.45, 2.75) is 22.7 Å². The predicted molar refractivity (Wildman–Crippen MR) is 70.7 cm³/mol. The molecule has 1 aromatic carbocycles. The minimum absolute atomic E-state index is 0.0707. The van der Waals surface area contributed by atoms with E-state index in [4.69, 9.17) is 0 Å². The van der Waals surface area contributed by atoms with Crippen LogP contribution in [0.5, 0.6) is 0 Å². The van der Waals surface area contributed by atoms with Crippen LogP contribution in [-0.2, 0) is 0 Å². The van der Waals surface area contributed by atoms with E-state index in [1.165, 1.54) is 12.1 Å². The molecule has 2 rings (SSSR count). The Morgan fingerprint density at radius 2 is 1.94 bits per heavy atom. The number of nitrogens with one attached hydrogen (secondary N) is 1. The number of hydrogen-bond donors (Lipinski definition) is 1. The average molecular weight is 293 g/mol. The van der Waals surface area contributed by atoms with Gasteiger partial charge in [0.05, 0.1) is 5.37 Å². The smallest absolute Gasteiger partial charge is 0.301 e. The van der Waals surface area contributed by atoms with Crippen LogP contribution in [0.4, 0.5) is 13.2 Å². The van der Waals surface area contributed by atoms with Gasteiger partial charge in [0.15, 0.2) is 0 Å². The third-order valence-electron chi connectivity index (χ3n) is 2.62. The highest BCUT2D eigenvalue weighted by Crippen LogP contribution is 2.38. The Morgan fingerprint density at radius 1 is 1.28 bits per heavy atom. The van der Waals surface area contributed by atoms with Crippen molar-refractivity contribution in [2.24, 2.45) is 5.92 Å². The molecule has 0 saturated carbocycles. The largest absolute Gasteiger partial charge is 0.446 e. The molecule has 2 atom stereocenters. The molecular weight excluding hydrogens is 279 g/mol. The minimum atomic E-state index is -4.21. The second-order valence-corrected chi connectivity index (χ2v) is 6.62. The molecular formula is C12H14F3NS2. The zero-order valence-corrected chi connectivity index (χ0v) is 11.5. The van der Waals surface area contributed by atoms with Crippen molar-refractivity contribution in [3.63, 3.8) is 0 Å². The summed E-state index contributed by atoms with van der Waals surface area (Å²) in [5, 5.41) is 3.59. The van der Waals surface area contributed by atoms with E-state index in [9.17, 15) is 13.2 Å². The third-order valence-corrected chi connectivity index (χ3v) is 4.89. The number of benzene rings is 1. The van der Waals surface area contributed by atoms with E-state index < -0.39 is 5.51 Å². The fraction of sp³-hybridized carbons (Fsp3) is 0.500. The molecule has 1 aromatic rings. The van der Waals surface area contributed by atoms with Crippen LogP contribution in [0, 0.1) is 5.92 Å². The summed E-state index contributed by atoms with van der Waals surface area (Å²) in [4.78, 5) is 0.237. The van der Waals surface area contributed by atoms with Gasteiger partial charge in [0, 0.05) is 4.90 Å². The molecule has 1 saturated heterocycles. The molecule has 0 spiro atoms. The zero-order chi connectivity index (χ0) is 13.2. The quantitative estimate of drug-likeness (QED) is 0.818. The van der Waals surface area contributed by atoms with Crippen molar-refractivity contribution < 1.29 is 13.2 Å². The molecule has 0 aliphatic carbocycles. The second kappa shape index (κ2) is 5.75. The molecule has 0 aromatic heterocycles. The van der Waals surface area contributed by atoms with E-state index in [0.29, 0.717) is 5.92 Å². The van der Waals surface area contributed by atoms with Crippen LogP contribution >= 0.6 is 23.5 Å². The van der Waals surface area contributed by atoms with Gasteiger partial charge in [-0.3, -0.25) is 0 Å². The first-order valence-corrected chi connectivity index (χ1v) is 7.51. The maximum absolute atomic E-state index is 12.2. The summed E-state index contributed by atoms with van der Waals surface area (Å²) in [7, 11) is 0. The number of thioether (sulfide) groups is 2. The Morgan fingerprint density at radius 3 is 2.44 bits per heavy atom. The van der Waals surface area contributed by atoms with Gasteiger partial charge in [0.25, 0.3) is 0 Å². The normalized spacial score (nSPS) is 25.1. The van der Waals surface area contributed by atoms with Crippen molar-refractivity contribution in [3.8, 4) is 0 Å². The molecule has 1 N–H and O–H groups in total. The number of alkyl halides is 3. The summed E-state index contributed by atoms with van der Waals surface area (Å²) in [5.74, 6) is 1.72. The first-order valence-electron chi connectivity index (χ1n) is 5.65. The van der Waals surface area contributed by atoms with E-state index in [1.807, 2.05) is 0 Å². The molecule has 1 heterocycles. The van der Waals surface area contributed by atoms with Crippen LogP contribution in [-0.4, -0.2) is 17.8 Å². The molecule has 6 heteroatoms. The molecule has 2 unspecified atom stereocenters. The van der Waals surface area contributed by atoms with Gasteiger partial charge < -0.3 is 5.32 Å². The van der Waals surface area contributed by atoms with Gasteiger partial charge in [-0.2, -0.15) is 13.2 Å². The maximum Gasteiger partial charge on any atom is 0.446 e. The molecule has 18 heavy (non-hydrogen) atoms. The van der Waals surface area contributed by atoms with Gasteiger partial charge in [-0.25, -0.2) is 0 Å². The Labute approximate surface area is 113 Å². The predicted octanol–water partition coefficient (Wildman–Crippen LogP) is 4.27. The average Bonchev–Trinajstić information content (AvgIpc) is 2.29. The summed E-state index contributed by atoms with van der Waals surface area (Å²) in [6.45, 7) is 3.13. The molecule has 1 fully saturated rings. The van der Waals surface area contributed by atoms with Crippen LogP contribution in [0.15, 0.2) is 29.2 Å². The monoisotopic (exact) mass is 293 g/mol. The summed E-state index contributed by atoms with van der Waals surface area (Å²) in [5.41, 5.74) is -3.17. The second-order valence-electron chi connectivity index (χ2n) is 4.34. The molecule has 0 radical (unpaired) electrons.